The van der Waals surface area contributed by atoms with Gasteiger partial charge in [0.2, 0.25) is 0 Å². The minimum atomic E-state index is -0.766. The molecule has 0 unspecified atom stereocenters. The number of rotatable bonds is 56. The molecule has 0 radical (unpaired) electrons. The van der Waals surface area contributed by atoms with Gasteiger partial charge in [-0.1, -0.05) is 290 Å². The van der Waals surface area contributed by atoms with Crippen LogP contribution in [0.15, 0.2) is 12.2 Å². The zero-order valence-corrected chi connectivity index (χ0v) is 45.5. The van der Waals surface area contributed by atoms with E-state index < -0.39 is 6.10 Å². The summed E-state index contributed by atoms with van der Waals surface area (Å²) >= 11 is 0. The van der Waals surface area contributed by atoms with Gasteiger partial charge in [-0.25, -0.2) is 0 Å². The summed E-state index contributed by atoms with van der Waals surface area (Å²) in [4.78, 5) is 38.2. The van der Waals surface area contributed by atoms with Crippen molar-refractivity contribution in [2.24, 2.45) is 0 Å². The molecular formula is C61H116O6. The first kappa shape index (κ1) is 65.1. The standard InChI is InChI=1S/C61H116O6/c1-4-7-10-13-16-19-22-25-27-29-30-32-34-37-40-43-46-49-52-55-61(64)67-58(56-65-59(62)53-50-47-44-41-38-35-24-21-18-15-12-9-6-3)57-66-60(63)54-51-48-45-42-39-36-33-31-28-26-23-20-17-14-11-8-5-2/h26,28,58H,4-25,27,29-57H2,1-3H3/b28-26-/t58-/m0/s1. The Balaban J connectivity index is 4.29. The van der Waals surface area contributed by atoms with Gasteiger partial charge in [0.05, 0.1) is 0 Å². The first-order valence-corrected chi connectivity index (χ1v) is 30.2. The molecule has 0 aromatic heterocycles. The molecule has 67 heavy (non-hydrogen) atoms. The van der Waals surface area contributed by atoms with Crippen LogP contribution in [0.5, 0.6) is 0 Å². The molecule has 396 valence electrons. The molecule has 0 bridgehead atoms. The van der Waals surface area contributed by atoms with E-state index >= 15 is 0 Å². The molecule has 0 fully saturated rings. The first-order chi connectivity index (χ1) is 33.0. The summed E-state index contributed by atoms with van der Waals surface area (Å²) in [5, 5.41) is 0. The van der Waals surface area contributed by atoms with E-state index in [1.54, 1.807) is 0 Å². The van der Waals surface area contributed by atoms with Crippen molar-refractivity contribution in [3.05, 3.63) is 12.2 Å². The molecule has 0 aromatic carbocycles. The van der Waals surface area contributed by atoms with Crippen molar-refractivity contribution in [1.29, 1.82) is 0 Å². The van der Waals surface area contributed by atoms with E-state index in [1.165, 1.54) is 244 Å². The second-order valence-corrected chi connectivity index (χ2v) is 20.6. The van der Waals surface area contributed by atoms with Crippen LogP contribution in [0.3, 0.4) is 0 Å². The van der Waals surface area contributed by atoms with Crippen LogP contribution in [0.4, 0.5) is 0 Å². The average Bonchev–Trinajstić information content (AvgIpc) is 3.33. The predicted octanol–water partition coefficient (Wildman–Crippen LogP) is 20.1. The molecule has 0 saturated heterocycles. The summed E-state index contributed by atoms with van der Waals surface area (Å²) in [5.41, 5.74) is 0. The fourth-order valence-electron chi connectivity index (χ4n) is 9.21. The number of hydrogen-bond acceptors (Lipinski definition) is 6. The Morgan fingerprint density at radius 3 is 0.746 bits per heavy atom. The number of allylic oxidation sites excluding steroid dienone is 2. The summed E-state index contributed by atoms with van der Waals surface area (Å²) < 4.78 is 16.9. The highest BCUT2D eigenvalue weighted by atomic mass is 16.6. The first-order valence-electron chi connectivity index (χ1n) is 30.2. The molecule has 0 saturated carbocycles. The lowest BCUT2D eigenvalue weighted by Crippen LogP contribution is -2.30. The van der Waals surface area contributed by atoms with Crippen LogP contribution in [0.25, 0.3) is 0 Å². The third kappa shape index (κ3) is 55.0. The van der Waals surface area contributed by atoms with Crippen LogP contribution in [-0.4, -0.2) is 37.2 Å². The van der Waals surface area contributed by atoms with Crippen LogP contribution < -0.4 is 0 Å². The quantitative estimate of drug-likeness (QED) is 0.0262. The zero-order valence-electron chi connectivity index (χ0n) is 45.5. The monoisotopic (exact) mass is 945 g/mol. The van der Waals surface area contributed by atoms with Gasteiger partial charge in [0.1, 0.15) is 13.2 Å². The maximum atomic E-state index is 12.9. The van der Waals surface area contributed by atoms with Crippen molar-refractivity contribution < 1.29 is 28.6 Å². The van der Waals surface area contributed by atoms with E-state index in [0.717, 1.165) is 57.8 Å². The molecule has 0 aromatic rings. The number of carbonyl (C=O) groups is 3. The number of hydrogen-bond donors (Lipinski definition) is 0. The van der Waals surface area contributed by atoms with E-state index in [4.69, 9.17) is 14.2 Å². The van der Waals surface area contributed by atoms with Gasteiger partial charge < -0.3 is 14.2 Å². The van der Waals surface area contributed by atoms with E-state index in [1.807, 2.05) is 0 Å². The number of ether oxygens (including phenoxy) is 3. The van der Waals surface area contributed by atoms with Gasteiger partial charge in [0.15, 0.2) is 6.10 Å². The van der Waals surface area contributed by atoms with Crippen LogP contribution >= 0.6 is 0 Å². The Hall–Kier alpha value is -1.85. The number of carbonyl (C=O) groups excluding carboxylic acids is 3. The average molecular weight is 946 g/mol. The van der Waals surface area contributed by atoms with Crippen molar-refractivity contribution >= 4 is 17.9 Å². The van der Waals surface area contributed by atoms with E-state index in [0.29, 0.717) is 19.3 Å². The van der Waals surface area contributed by atoms with Crippen molar-refractivity contribution in [2.75, 3.05) is 13.2 Å². The highest BCUT2D eigenvalue weighted by Gasteiger charge is 2.19. The molecule has 6 nitrogen and oxygen atoms in total. The Bertz CT molecular complexity index is 1040. The van der Waals surface area contributed by atoms with Gasteiger partial charge in [-0.05, 0) is 44.9 Å². The molecule has 0 spiro atoms. The summed E-state index contributed by atoms with van der Waals surface area (Å²) in [5.74, 6) is -0.843. The molecule has 0 aliphatic carbocycles. The lowest BCUT2D eigenvalue weighted by molar-refractivity contribution is -0.167. The van der Waals surface area contributed by atoms with Gasteiger partial charge in [-0.2, -0.15) is 0 Å². The van der Waals surface area contributed by atoms with Gasteiger partial charge in [0.25, 0.3) is 0 Å². The van der Waals surface area contributed by atoms with Crippen LogP contribution in [0, 0.1) is 0 Å². The largest absolute Gasteiger partial charge is 0.462 e. The van der Waals surface area contributed by atoms with E-state index in [2.05, 4.69) is 32.9 Å². The van der Waals surface area contributed by atoms with Crippen LogP contribution in [0.1, 0.15) is 342 Å². The van der Waals surface area contributed by atoms with Crippen molar-refractivity contribution in [3.63, 3.8) is 0 Å². The SMILES string of the molecule is CCCCCCCC/C=C\CCCCCCCCCC(=O)OC[C@H](COC(=O)CCCCCCCCCCCCCCC)OC(=O)CCCCCCCCCCCCCCCCCCCCC. The van der Waals surface area contributed by atoms with Gasteiger partial charge in [0, 0.05) is 19.3 Å². The third-order valence-corrected chi connectivity index (χ3v) is 13.8. The molecule has 0 aliphatic heterocycles. The lowest BCUT2D eigenvalue weighted by Gasteiger charge is -2.18. The summed E-state index contributed by atoms with van der Waals surface area (Å²) in [7, 11) is 0. The minimum absolute atomic E-state index is 0.0651. The Morgan fingerprint density at radius 1 is 0.284 bits per heavy atom. The molecule has 6 heteroatoms. The predicted molar refractivity (Wildman–Crippen MR) is 289 cm³/mol. The Kier molecular flexibility index (Phi) is 55.2. The van der Waals surface area contributed by atoms with E-state index in [-0.39, 0.29) is 31.1 Å². The van der Waals surface area contributed by atoms with E-state index in [9.17, 15) is 14.4 Å². The summed E-state index contributed by atoms with van der Waals surface area (Å²) in [6, 6.07) is 0. The zero-order chi connectivity index (χ0) is 48.6. The smallest absolute Gasteiger partial charge is 0.306 e. The Morgan fingerprint density at radius 2 is 0.493 bits per heavy atom. The maximum absolute atomic E-state index is 12.9. The number of unbranched alkanes of at least 4 members (excludes halogenated alkanes) is 43. The summed E-state index contributed by atoms with van der Waals surface area (Å²) in [6.45, 7) is 6.70. The second kappa shape index (κ2) is 56.7. The Labute approximate surface area is 418 Å². The lowest BCUT2D eigenvalue weighted by atomic mass is 10.0. The molecule has 0 heterocycles. The highest BCUT2D eigenvalue weighted by molar-refractivity contribution is 5.71. The molecule has 0 rings (SSSR count). The molecule has 0 N–H and O–H groups in total. The van der Waals surface area contributed by atoms with Crippen LogP contribution in [-0.2, 0) is 28.6 Å². The van der Waals surface area contributed by atoms with Crippen LogP contribution in [0.2, 0.25) is 0 Å². The number of esters is 3. The normalized spacial score (nSPS) is 12.0. The van der Waals surface area contributed by atoms with Gasteiger partial charge in [-0.3, -0.25) is 14.4 Å². The van der Waals surface area contributed by atoms with Crippen molar-refractivity contribution in [3.8, 4) is 0 Å². The van der Waals surface area contributed by atoms with Crippen molar-refractivity contribution in [1.82, 2.24) is 0 Å². The molecular weight excluding hydrogens is 829 g/mol. The van der Waals surface area contributed by atoms with Crippen molar-refractivity contribution in [2.45, 2.75) is 348 Å². The minimum Gasteiger partial charge on any atom is -0.462 e. The fourth-order valence-corrected chi connectivity index (χ4v) is 9.21. The molecule has 0 amide bonds. The third-order valence-electron chi connectivity index (χ3n) is 13.8. The molecule has 1 atom stereocenters. The topological polar surface area (TPSA) is 78.9 Å². The second-order valence-electron chi connectivity index (χ2n) is 20.6. The van der Waals surface area contributed by atoms with Gasteiger partial charge >= 0.3 is 17.9 Å². The maximum Gasteiger partial charge on any atom is 0.306 e. The fraction of sp³-hybridized carbons (Fsp3) is 0.918. The summed E-state index contributed by atoms with van der Waals surface area (Å²) in [6.07, 6.45) is 64.9. The van der Waals surface area contributed by atoms with Gasteiger partial charge in [-0.15, -0.1) is 0 Å². The molecule has 0 aliphatic rings. The highest BCUT2D eigenvalue weighted by Crippen LogP contribution is 2.17.